The Morgan fingerprint density at radius 3 is 2.52 bits per heavy atom. The van der Waals surface area contributed by atoms with E-state index in [2.05, 4.69) is 20.9 Å². The molecular formula is C17H32N6O4. The molecule has 1 heterocycles. The lowest BCUT2D eigenvalue weighted by Crippen LogP contribution is -2.55. The predicted molar refractivity (Wildman–Crippen MR) is 102 cm³/mol. The normalized spacial score (nSPS) is 19.6. The summed E-state index contributed by atoms with van der Waals surface area (Å²) in [4.78, 5) is 40.4. The zero-order valence-corrected chi connectivity index (χ0v) is 16.0. The molecule has 0 bridgehead atoms. The van der Waals surface area contributed by atoms with Crippen LogP contribution in [0.4, 0.5) is 0 Å². The molecule has 0 aromatic rings. The molecule has 1 fully saturated rings. The number of carbonyl (C=O) groups excluding carboxylic acids is 2. The quantitative estimate of drug-likeness (QED) is 0.149. The third-order valence-corrected chi connectivity index (χ3v) is 4.73. The summed E-state index contributed by atoms with van der Waals surface area (Å²) in [5.74, 6) is -2.15. The van der Waals surface area contributed by atoms with Gasteiger partial charge in [0, 0.05) is 6.54 Å². The first-order valence-corrected chi connectivity index (χ1v) is 9.38. The molecule has 0 saturated carbocycles. The van der Waals surface area contributed by atoms with Gasteiger partial charge in [0.25, 0.3) is 0 Å². The molecule has 10 heteroatoms. The lowest BCUT2D eigenvalue weighted by atomic mass is 9.98. The van der Waals surface area contributed by atoms with Crippen LogP contribution in [-0.4, -0.2) is 60.1 Å². The van der Waals surface area contributed by atoms with Gasteiger partial charge in [-0.3, -0.25) is 14.6 Å². The zero-order valence-electron chi connectivity index (χ0n) is 16.0. The molecule has 1 aliphatic rings. The van der Waals surface area contributed by atoms with Crippen LogP contribution in [0.25, 0.3) is 0 Å². The maximum atomic E-state index is 12.7. The van der Waals surface area contributed by atoms with E-state index in [1.165, 1.54) is 0 Å². The highest BCUT2D eigenvalue weighted by Crippen LogP contribution is 2.10. The van der Waals surface area contributed by atoms with Crippen molar-refractivity contribution in [2.45, 2.75) is 64.1 Å². The van der Waals surface area contributed by atoms with Crippen molar-refractivity contribution < 1.29 is 19.5 Å². The minimum absolute atomic E-state index is 0.0436. The van der Waals surface area contributed by atoms with E-state index < -0.39 is 24.0 Å². The monoisotopic (exact) mass is 384 g/mol. The Hall–Kier alpha value is -2.36. The van der Waals surface area contributed by atoms with Crippen LogP contribution >= 0.6 is 0 Å². The fourth-order valence-corrected chi connectivity index (χ4v) is 2.89. The molecule has 10 nitrogen and oxygen atoms in total. The molecule has 2 amide bonds. The van der Waals surface area contributed by atoms with Crippen molar-refractivity contribution in [1.29, 1.82) is 0 Å². The number of carboxylic acid groups (broad SMARTS) is 1. The van der Waals surface area contributed by atoms with Gasteiger partial charge in [0.2, 0.25) is 11.8 Å². The lowest BCUT2D eigenvalue weighted by Gasteiger charge is -2.25. The largest absolute Gasteiger partial charge is 0.480 e. The van der Waals surface area contributed by atoms with Gasteiger partial charge in [-0.25, -0.2) is 4.79 Å². The number of carbonyl (C=O) groups is 3. The molecule has 27 heavy (non-hydrogen) atoms. The Kier molecular flexibility index (Phi) is 9.55. The number of aliphatic imine (C=N–C) groups is 1. The Morgan fingerprint density at radius 1 is 1.30 bits per heavy atom. The predicted octanol–water partition coefficient (Wildman–Crippen LogP) is -1.11. The van der Waals surface area contributed by atoms with Crippen LogP contribution in [0.1, 0.15) is 46.0 Å². The SMILES string of the molecule is CCC(C)C(NC(=O)C(CCCN=C(N)N)NC(=O)C1CCCN1)C(=O)O. The Bertz CT molecular complexity index is 544. The molecule has 8 N–H and O–H groups in total. The molecule has 4 unspecified atom stereocenters. The van der Waals surface area contributed by atoms with Gasteiger partial charge in [-0.1, -0.05) is 20.3 Å². The molecule has 0 spiro atoms. The van der Waals surface area contributed by atoms with Gasteiger partial charge in [0.1, 0.15) is 12.1 Å². The first-order chi connectivity index (χ1) is 12.8. The molecule has 1 saturated heterocycles. The van der Waals surface area contributed by atoms with E-state index >= 15 is 0 Å². The second kappa shape index (κ2) is 11.4. The van der Waals surface area contributed by atoms with Crippen LogP contribution in [0.15, 0.2) is 4.99 Å². The number of hydrogen-bond acceptors (Lipinski definition) is 5. The Balaban J connectivity index is 2.76. The number of hydrogen-bond donors (Lipinski definition) is 6. The number of nitrogens with two attached hydrogens (primary N) is 2. The van der Waals surface area contributed by atoms with Crippen molar-refractivity contribution in [2.75, 3.05) is 13.1 Å². The standard InChI is InChI=1S/C17H32N6O4/c1-3-10(2)13(16(26)27)23-15(25)12(7-5-9-21-17(18)19)22-14(24)11-6-4-8-20-11/h10-13,20H,3-9H2,1-2H3,(H,22,24)(H,23,25)(H,26,27)(H4,18,19,21). The zero-order chi connectivity index (χ0) is 20.4. The number of rotatable bonds is 11. The highest BCUT2D eigenvalue weighted by molar-refractivity contribution is 5.92. The van der Waals surface area contributed by atoms with E-state index in [0.29, 0.717) is 32.2 Å². The van der Waals surface area contributed by atoms with Crippen LogP contribution in [0, 0.1) is 5.92 Å². The van der Waals surface area contributed by atoms with Crippen LogP contribution in [0.5, 0.6) is 0 Å². The van der Waals surface area contributed by atoms with E-state index in [1.54, 1.807) is 6.92 Å². The van der Waals surface area contributed by atoms with Gasteiger partial charge in [-0.2, -0.15) is 0 Å². The molecule has 0 aromatic heterocycles. The number of carboxylic acids is 1. The molecule has 154 valence electrons. The Labute approximate surface area is 159 Å². The van der Waals surface area contributed by atoms with E-state index in [0.717, 1.165) is 13.0 Å². The summed E-state index contributed by atoms with van der Waals surface area (Å²) < 4.78 is 0. The minimum Gasteiger partial charge on any atom is -0.480 e. The van der Waals surface area contributed by atoms with Crippen LogP contribution in [-0.2, 0) is 14.4 Å². The highest BCUT2D eigenvalue weighted by atomic mass is 16.4. The third kappa shape index (κ3) is 7.81. The van der Waals surface area contributed by atoms with Crippen molar-refractivity contribution in [3.63, 3.8) is 0 Å². The smallest absolute Gasteiger partial charge is 0.326 e. The van der Waals surface area contributed by atoms with E-state index in [-0.39, 0.29) is 23.8 Å². The maximum Gasteiger partial charge on any atom is 0.326 e. The average molecular weight is 384 g/mol. The van der Waals surface area contributed by atoms with Crippen LogP contribution in [0.3, 0.4) is 0 Å². The summed E-state index contributed by atoms with van der Waals surface area (Å²) in [6.45, 7) is 4.69. The average Bonchev–Trinajstić information content (AvgIpc) is 3.15. The number of nitrogens with one attached hydrogen (secondary N) is 3. The summed E-state index contributed by atoms with van der Waals surface area (Å²) in [6, 6.07) is -2.19. The summed E-state index contributed by atoms with van der Waals surface area (Å²) in [6.07, 6.45) is 2.97. The van der Waals surface area contributed by atoms with Crippen molar-refractivity contribution in [2.24, 2.45) is 22.4 Å². The maximum absolute atomic E-state index is 12.7. The number of nitrogens with zero attached hydrogens (tertiary/aromatic N) is 1. The van der Waals surface area contributed by atoms with Gasteiger partial charge in [-0.15, -0.1) is 0 Å². The highest BCUT2D eigenvalue weighted by Gasteiger charge is 2.31. The summed E-state index contributed by atoms with van der Waals surface area (Å²) in [5.41, 5.74) is 10.6. The van der Waals surface area contributed by atoms with E-state index in [9.17, 15) is 19.5 Å². The van der Waals surface area contributed by atoms with Gasteiger partial charge >= 0.3 is 5.97 Å². The molecule has 0 aromatic carbocycles. The number of guanidine groups is 1. The topological polar surface area (TPSA) is 172 Å². The first kappa shape index (κ1) is 22.7. The minimum atomic E-state index is -1.10. The van der Waals surface area contributed by atoms with E-state index in [1.807, 2.05) is 6.92 Å². The second-order valence-electron chi connectivity index (χ2n) is 6.87. The lowest BCUT2D eigenvalue weighted by molar-refractivity contribution is -0.143. The van der Waals surface area contributed by atoms with Gasteiger partial charge in [0.15, 0.2) is 5.96 Å². The van der Waals surface area contributed by atoms with Gasteiger partial charge in [-0.05, 0) is 38.1 Å². The molecule has 0 aliphatic carbocycles. The first-order valence-electron chi connectivity index (χ1n) is 9.38. The van der Waals surface area contributed by atoms with Crippen molar-refractivity contribution in [3.8, 4) is 0 Å². The second-order valence-corrected chi connectivity index (χ2v) is 6.87. The fourth-order valence-electron chi connectivity index (χ4n) is 2.89. The van der Waals surface area contributed by atoms with Crippen molar-refractivity contribution in [3.05, 3.63) is 0 Å². The molecule has 1 rings (SSSR count). The molecule has 1 aliphatic heterocycles. The summed E-state index contributed by atoms with van der Waals surface area (Å²) >= 11 is 0. The third-order valence-electron chi connectivity index (χ3n) is 4.73. The molecular weight excluding hydrogens is 352 g/mol. The summed E-state index contributed by atoms with van der Waals surface area (Å²) in [5, 5.41) is 17.7. The molecule has 4 atom stereocenters. The fraction of sp³-hybridized carbons (Fsp3) is 0.765. The van der Waals surface area contributed by atoms with E-state index in [4.69, 9.17) is 11.5 Å². The summed E-state index contributed by atoms with van der Waals surface area (Å²) in [7, 11) is 0. The Morgan fingerprint density at radius 2 is 2.00 bits per heavy atom. The molecule has 0 radical (unpaired) electrons. The number of aliphatic carboxylic acids is 1. The van der Waals surface area contributed by atoms with Crippen LogP contribution in [0.2, 0.25) is 0 Å². The van der Waals surface area contributed by atoms with Crippen molar-refractivity contribution in [1.82, 2.24) is 16.0 Å². The number of amides is 2. The van der Waals surface area contributed by atoms with Gasteiger partial charge < -0.3 is 32.5 Å². The van der Waals surface area contributed by atoms with Crippen LogP contribution < -0.4 is 27.4 Å². The van der Waals surface area contributed by atoms with Gasteiger partial charge in [0.05, 0.1) is 6.04 Å². The van der Waals surface area contributed by atoms with Crippen molar-refractivity contribution >= 4 is 23.7 Å².